The summed E-state index contributed by atoms with van der Waals surface area (Å²) in [5.74, 6) is -0.487. The van der Waals surface area contributed by atoms with Gasteiger partial charge in [0.1, 0.15) is 11.8 Å². The lowest BCUT2D eigenvalue weighted by molar-refractivity contribution is -0.676. The maximum Gasteiger partial charge on any atom is 0.387 e. The van der Waals surface area contributed by atoms with E-state index in [2.05, 4.69) is 15.4 Å². The maximum absolute atomic E-state index is 12.3. The molecule has 2 rings (SSSR count). The number of carbonyl (C=O) groups is 2. The van der Waals surface area contributed by atoms with Gasteiger partial charge in [-0.1, -0.05) is 30.3 Å². The van der Waals surface area contributed by atoms with Crippen molar-refractivity contribution in [1.82, 2.24) is 10.6 Å². The van der Waals surface area contributed by atoms with Crippen molar-refractivity contribution in [2.24, 2.45) is 0 Å². The van der Waals surface area contributed by atoms with Crippen LogP contribution in [0.2, 0.25) is 0 Å². The number of nitrogens with two attached hydrogens (primary N) is 1. The lowest BCUT2D eigenvalue weighted by Gasteiger charge is -2.17. The maximum atomic E-state index is 12.3. The topological polar surface area (TPSA) is 84.0 Å². The number of hydrogen-bond acceptors (Lipinski definition) is 3. The smallest absolute Gasteiger partial charge is 0.387 e. The Labute approximate surface area is 155 Å². The van der Waals surface area contributed by atoms with Crippen LogP contribution >= 0.6 is 0 Å². The lowest BCUT2D eigenvalue weighted by Crippen LogP contribution is -2.87. The first kappa shape index (κ1) is 20.3. The van der Waals surface area contributed by atoms with E-state index in [4.69, 9.17) is 0 Å². The van der Waals surface area contributed by atoms with Crippen molar-refractivity contribution in [3.8, 4) is 5.75 Å². The molecule has 0 aliphatic carbocycles. The van der Waals surface area contributed by atoms with Gasteiger partial charge in [-0.25, -0.2) is 0 Å². The van der Waals surface area contributed by atoms with E-state index in [1.54, 1.807) is 12.1 Å². The van der Waals surface area contributed by atoms with Crippen molar-refractivity contribution in [1.29, 1.82) is 0 Å². The first-order valence-corrected chi connectivity index (χ1v) is 8.40. The van der Waals surface area contributed by atoms with Crippen molar-refractivity contribution < 1.29 is 28.4 Å². The third-order valence-corrected chi connectivity index (χ3v) is 3.89. The van der Waals surface area contributed by atoms with Gasteiger partial charge in [-0.05, 0) is 24.3 Å². The van der Waals surface area contributed by atoms with Crippen LogP contribution < -0.4 is 20.7 Å². The third-order valence-electron chi connectivity index (χ3n) is 3.89. The van der Waals surface area contributed by atoms with Crippen molar-refractivity contribution in [2.75, 3.05) is 20.1 Å². The van der Waals surface area contributed by atoms with E-state index < -0.39 is 6.61 Å². The number of carbonyl (C=O) groups excluding carboxylic acids is 2. The van der Waals surface area contributed by atoms with Gasteiger partial charge in [-0.2, -0.15) is 8.78 Å². The van der Waals surface area contributed by atoms with Gasteiger partial charge in [0.05, 0.1) is 6.54 Å². The average molecular weight is 378 g/mol. The molecule has 0 unspecified atom stereocenters. The van der Waals surface area contributed by atoms with Gasteiger partial charge in [-0.3, -0.25) is 9.59 Å². The Hall–Kier alpha value is -3.00. The number of rotatable bonds is 9. The molecule has 0 aromatic heterocycles. The van der Waals surface area contributed by atoms with Crippen LogP contribution in [-0.4, -0.2) is 38.6 Å². The Balaban J connectivity index is 2.08. The van der Waals surface area contributed by atoms with Crippen LogP contribution in [-0.2, 0) is 9.59 Å². The van der Waals surface area contributed by atoms with Crippen LogP contribution in [0.1, 0.15) is 17.2 Å². The Morgan fingerprint density at radius 2 is 1.63 bits per heavy atom. The fraction of sp³-hybridized carbons (Fsp3) is 0.263. The largest absolute Gasteiger partial charge is 0.435 e. The minimum absolute atomic E-state index is 0.0730. The molecule has 6 nitrogen and oxygen atoms in total. The van der Waals surface area contributed by atoms with Crippen LogP contribution in [0.25, 0.3) is 0 Å². The summed E-state index contributed by atoms with van der Waals surface area (Å²) in [6.07, 6.45) is 0. The highest BCUT2D eigenvalue weighted by Gasteiger charge is 2.19. The second-order valence-corrected chi connectivity index (χ2v) is 5.73. The van der Waals surface area contributed by atoms with Gasteiger partial charge in [-0.15, -0.1) is 0 Å². The highest BCUT2D eigenvalue weighted by Crippen LogP contribution is 2.22. The molecule has 0 saturated carbocycles. The molecule has 8 heteroatoms. The Kier molecular flexibility index (Phi) is 7.69. The number of ether oxygens (including phenoxy) is 1. The van der Waals surface area contributed by atoms with Crippen LogP contribution in [0.3, 0.4) is 0 Å². The highest BCUT2D eigenvalue weighted by atomic mass is 19.3. The van der Waals surface area contributed by atoms with E-state index in [-0.39, 0.29) is 36.7 Å². The van der Waals surface area contributed by atoms with E-state index >= 15 is 0 Å². The van der Waals surface area contributed by atoms with E-state index in [0.29, 0.717) is 0 Å². The molecule has 0 heterocycles. The van der Waals surface area contributed by atoms with Crippen molar-refractivity contribution in [3.63, 3.8) is 0 Å². The molecule has 2 aromatic carbocycles. The number of alkyl halides is 2. The quantitative estimate of drug-likeness (QED) is 0.604. The number of benzene rings is 2. The number of hydrogen-bond donors (Lipinski definition) is 3. The zero-order chi connectivity index (χ0) is 19.6. The first-order valence-electron chi connectivity index (χ1n) is 8.40. The minimum atomic E-state index is -2.88. The number of likely N-dealkylation sites (N-methyl/N-ethyl adjacent to an activating group) is 1. The molecule has 2 aromatic rings. The second kappa shape index (κ2) is 10.2. The van der Waals surface area contributed by atoms with E-state index in [9.17, 15) is 18.4 Å². The minimum Gasteiger partial charge on any atom is -0.435 e. The summed E-state index contributed by atoms with van der Waals surface area (Å²) in [6, 6.07) is 15.6. The normalized spacial score (nSPS) is 11.7. The highest BCUT2D eigenvalue weighted by molar-refractivity contribution is 5.84. The number of halogens is 2. The van der Waals surface area contributed by atoms with E-state index in [1.807, 2.05) is 35.6 Å². The Bertz CT molecular complexity index is 740. The van der Waals surface area contributed by atoms with Gasteiger partial charge >= 0.3 is 6.61 Å². The Morgan fingerprint density at radius 1 is 1.00 bits per heavy atom. The summed E-state index contributed by atoms with van der Waals surface area (Å²) in [5, 5.41) is 6.78. The number of nitrogens with one attached hydrogen (secondary N) is 2. The standard InChI is InChI=1S/C19H21F2N3O3/c1-22-16(25)11-23-17(26)12-24-18(13-5-3-2-4-6-13)14-7-9-15(10-8-14)27-19(20)21/h2-10,18-19,24H,11-12H2,1H3,(H,22,25)(H,23,26)/p+1/t18-/m0/s1. The van der Waals surface area contributed by atoms with Crippen molar-refractivity contribution in [3.05, 3.63) is 65.7 Å². The molecule has 0 aliphatic heterocycles. The summed E-state index contributed by atoms with van der Waals surface area (Å²) >= 11 is 0. The van der Waals surface area contributed by atoms with Crippen LogP contribution in [0.4, 0.5) is 8.78 Å². The SMILES string of the molecule is CNC(=O)CNC(=O)C[NH2+][C@@H](c1ccccc1)c1ccc(OC(F)F)cc1. The summed E-state index contributed by atoms with van der Waals surface area (Å²) in [6.45, 7) is -2.86. The molecule has 0 saturated heterocycles. The molecule has 0 fully saturated rings. The monoisotopic (exact) mass is 378 g/mol. The predicted octanol–water partition coefficient (Wildman–Crippen LogP) is 0.803. The van der Waals surface area contributed by atoms with Gasteiger partial charge in [0.15, 0.2) is 6.54 Å². The average Bonchev–Trinajstić information content (AvgIpc) is 2.67. The second-order valence-electron chi connectivity index (χ2n) is 5.73. The van der Waals surface area contributed by atoms with Crippen LogP contribution in [0.5, 0.6) is 5.75 Å². The molecule has 0 bridgehead atoms. The van der Waals surface area contributed by atoms with Crippen LogP contribution in [0, 0.1) is 0 Å². The van der Waals surface area contributed by atoms with Crippen LogP contribution in [0.15, 0.2) is 54.6 Å². The predicted molar refractivity (Wildman–Crippen MR) is 95.2 cm³/mol. The molecule has 2 amide bonds. The van der Waals surface area contributed by atoms with Crippen molar-refractivity contribution >= 4 is 11.8 Å². The summed E-state index contributed by atoms with van der Waals surface area (Å²) in [7, 11) is 1.49. The fourth-order valence-corrected chi connectivity index (χ4v) is 2.55. The lowest BCUT2D eigenvalue weighted by atomic mass is 9.98. The summed E-state index contributed by atoms with van der Waals surface area (Å²) in [4.78, 5) is 23.2. The van der Waals surface area contributed by atoms with E-state index in [1.165, 1.54) is 19.2 Å². The molecule has 4 N–H and O–H groups in total. The Morgan fingerprint density at radius 3 is 2.22 bits per heavy atom. The van der Waals surface area contributed by atoms with Gasteiger partial charge in [0, 0.05) is 18.2 Å². The van der Waals surface area contributed by atoms with Gasteiger partial charge in [0.25, 0.3) is 5.91 Å². The molecule has 144 valence electrons. The molecular formula is C19H22F2N3O3+. The molecule has 1 atom stereocenters. The van der Waals surface area contributed by atoms with E-state index in [0.717, 1.165) is 11.1 Å². The third kappa shape index (κ3) is 6.67. The summed E-state index contributed by atoms with van der Waals surface area (Å²) in [5.41, 5.74) is 1.79. The first-order chi connectivity index (χ1) is 13.0. The number of amides is 2. The summed E-state index contributed by atoms with van der Waals surface area (Å²) < 4.78 is 29.0. The van der Waals surface area contributed by atoms with Gasteiger partial charge < -0.3 is 20.7 Å². The molecular weight excluding hydrogens is 356 g/mol. The molecule has 27 heavy (non-hydrogen) atoms. The molecule has 0 spiro atoms. The molecule has 0 aliphatic rings. The molecule has 0 radical (unpaired) electrons. The zero-order valence-electron chi connectivity index (χ0n) is 14.8. The zero-order valence-corrected chi connectivity index (χ0v) is 14.8. The van der Waals surface area contributed by atoms with Gasteiger partial charge in [0.2, 0.25) is 5.91 Å². The van der Waals surface area contributed by atoms with Crippen molar-refractivity contribution in [2.45, 2.75) is 12.7 Å². The fourth-order valence-electron chi connectivity index (χ4n) is 2.55. The number of quaternary nitrogens is 1.